The minimum absolute atomic E-state index is 0.0227. The highest BCUT2D eigenvalue weighted by Gasteiger charge is 2.16. The molecule has 3 rings (SSSR count). The highest BCUT2D eigenvalue weighted by Crippen LogP contribution is 2.31. The third-order valence-electron chi connectivity index (χ3n) is 3.13. The Kier molecular flexibility index (Phi) is 4.92. The highest BCUT2D eigenvalue weighted by atomic mass is 32.2. The first-order valence-electron chi connectivity index (χ1n) is 7.21. The molecule has 0 saturated heterocycles. The predicted octanol–water partition coefficient (Wildman–Crippen LogP) is 2.83. The van der Waals surface area contributed by atoms with Gasteiger partial charge in [-0.05, 0) is 26.0 Å². The lowest BCUT2D eigenvalue weighted by Gasteiger charge is -2.09. The molecule has 2 aromatic heterocycles. The van der Waals surface area contributed by atoms with Crippen molar-refractivity contribution in [3.8, 4) is 0 Å². The van der Waals surface area contributed by atoms with Crippen molar-refractivity contribution in [2.75, 3.05) is 6.54 Å². The second kappa shape index (κ2) is 7.10. The minimum atomic E-state index is -0.208. The first-order valence-corrected chi connectivity index (χ1v) is 8.90. The number of amides is 1. The first-order chi connectivity index (χ1) is 11.1. The SMILES string of the molecule is Cc1noc(CCNC(=O)C(C)Sc2nc3ccccc3s2)n1. The monoisotopic (exact) mass is 348 g/mol. The summed E-state index contributed by atoms with van der Waals surface area (Å²) in [6.07, 6.45) is 0.533. The fourth-order valence-electron chi connectivity index (χ4n) is 1.98. The molecule has 1 atom stereocenters. The van der Waals surface area contributed by atoms with Crippen LogP contribution < -0.4 is 5.32 Å². The number of carbonyl (C=O) groups is 1. The molecule has 0 aliphatic rings. The van der Waals surface area contributed by atoms with Crippen molar-refractivity contribution < 1.29 is 9.32 Å². The van der Waals surface area contributed by atoms with E-state index >= 15 is 0 Å². The molecular weight excluding hydrogens is 332 g/mol. The lowest BCUT2D eigenvalue weighted by atomic mass is 10.3. The number of nitrogens with zero attached hydrogens (tertiary/aromatic N) is 3. The summed E-state index contributed by atoms with van der Waals surface area (Å²) in [4.78, 5) is 20.8. The number of aromatic nitrogens is 3. The normalized spacial score (nSPS) is 12.4. The van der Waals surface area contributed by atoms with E-state index in [2.05, 4.69) is 20.4 Å². The van der Waals surface area contributed by atoms with Gasteiger partial charge < -0.3 is 9.84 Å². The summed E-state index contributed by atoms with van der Waals surface area (Å²) in [7, 11) is 0. The molecule has 0 radical (unpaired) electrons. The summed E-state index contributed by atoms with van der Waals surface area (Å²) < 4.78 is 7.05. The fourth-order valence-corrected chi connectivity index (χ4v) is 4.22. The summed E-state index contributed by atoms with van der Waals surface area (Å²) >= 11 is 3.08. The van der Waals surface area contributed by atoms with Gasteiger partial charge in [-0.2, -0.15) is 4.98 Å². The Labute approximate surface area is 141 Å². The Bertz CT molecular complexity index is 782. The molecular formula is C15H16N4O2S2. The Morgan fingerprint density at radius 3 is 2.96 bits per heavy atom. The van der Waals surface area contributed by atoms with Crippen molar-refractivity contribution in [2.24, 2.45) is 0 Å². The third-order valence-corrected chi connectivity index (χ3v) is 5.36. The van der Waals surface area contributed by atoms with Crippen LogP contribution in [0.4, 0.5) is 0 Å². The maximum absolute atomic E-state index is 12.1. The van der Waals surface area contributed by atoms with Crippen LogP contribution in [-0.2, 0) is 11.2 Å². The second-order valence-corrected chi connectivity index (χ2v) is 7.60. The number of fused-ring (bicyclic) bond motifs is 1. The summed E-state index contributed by atoms with van der Waals surface area (Å²) in [6, 6.07) is 7.97. The van der Waals surface area contributed by atoms with Crippen LogP contribution in [0, 0.1) is 6.92 Å². The average molecular weight is 348 g/mol. The van der Waals surface area contributed by atoms with Crippen LogP contribution in [0.15, 0.2) is 33.1 Å². The minimum Gasteiger partial charge on any atom is -0.355 e. The van der Waals surface area contributed by atoms with Gasteiger partial charge in [-0.1, -0.05) is 29.1 Å². The molecule has 6 nitrogen and oxygen atoms in total. The number of benzene rings is 1. The smallest absolute Gasteiger partial charge is 0.233 e. The van der Waals surface area contributed by atoms with Gasteiger partial charge in [0.2, 0.25) is 11.8 Å². The fraction of sp³-hybridized carbons (Fsp3) is 0.333. The van der Waals surface area contributed by atoms with Crippen molar-refractivity contribution in [1.29, 1.82) is 0 Å². The Morgan fingerprint density at radius 1 is 1.39 bits per heavy atom. The van der Waals surface area contributed by atoms with E-state index in [0.717, 1.165) is 14.6 Å². The Balaban J connectivity index is 1.50. The number of nitrogens with one attached hydrogen (secondary N) is 1. The molecule has 3 aromatic rings. The van der Waals surface area contributed by atoms with Gasteiger partial charge in [-0.3, -0.25) is 4.79 Å². The predicted molar refractivity (Wildman–Crippen MR) is 90.7 cm³/mol. The van der Waals surface area contributed by atoms with E-state index in [1.165, 1.54) is 11.8 Å². The standard InChI is InChI=1S/C15H16N4O2S2/c1-9(14(20)16-8-7-13-17-10(2)19-21-13)22-15-18-11-5-3-4-6-12(11)23-15/h3-6,9H,7-8H2,1-2H3,(H,16,20). The summed E-state index contributed by atoms with van der Waals surface area (Å²) in [5.74, 6) is 1.12. The molecule has 23 heavy (non-hydrogen) atoms. The van der Waals surface area contributed by atoms with Crippen LogP contribution in [0.5, 0.6) is 0 Å². The first kappa shape index (κ1) is 15.9. The molecule has 1 N–H and O–H groups in total. The van der Waals surface area contributed by atoms with Crippen LogP contribution >= 0.6 is 23.1 Å². The van der Waals surface area contributed by atoms with E-state index in [1.807, 2.05) is 31.2 Å². The van der Waals surface area contributed by atoms with Crippen LogP contribution in [0.3, 0.4) is 0 Å². The zero-order chi connectivity index (χ0) is 16.2. The molecule has 0 spiro atoms. The zero-order valence-electron chi connectivity index (χ0n) is 12.8. The lowest BCUT2D eigenvalue weighted by molar-refractivity contribution is -0.120. The van der Waals surface area contributed by atoms with E-state index < -0.39 is 0 Å². The van der Waals surface area contributed by atoms with Gasteiger partial charge >= 0.3 is 0 Å². The summed E-state index contributed by atoms with van der Waals surface area (Å²) in [6.45, 7) is 4.12. The van der Waals surface area contributed by atoms with Gasteiger partial charge in [-0.25, -0.2) is 4.98 Å². The molecule has 1 amide bonds. The van der Waals surface area contributed by atoms with E-state index in [9.17, 15) is 4.79 Å². The molecule has 1 unspecified atom stereocenters. The van der Waals surface area contributed by atoms with E-state index in [0.29, 0.717) is 24.7 Å². The number of thiazole rings is 1. The van der Waals surface area contributed by atoms with Gasteiger partial charge in [0.1, 0.15) is 0 Å². The van der Waals surface area contributed by atoms with E-state index in [-0.39, 0.29) is 11.2 Å². The van der Waals surface area contributed by atoms with Crippen molar-refractivity contribution in [3.63, 3.8) is 0 Å². The molecule has 2 heterocycles. The number of para-hydroxylation sites is 1. The average Bonchev–Trinajstić information content (AvgIpc) is 3.12. The molecule has 0 fully saturated rings. The number of hydrogen-bond donors (Lipinski definition) is 1. The maximum atomic E-state index is 12.1. The number of carbonyl (C=O) groups excluding carboxylic acids is 1. The van der Waals surface area contributed by atoms with E-state index in [1.54, 1.807) is 18.3 Å². The molecule has 120 valence electrons. The van der Waals surface area contributed by atoms with Crippen molar-refractivity contribution in [1.82, 2.24) is 20.4 Å². The quantitative estimate of drug-likeness (QED) is 0.690. The van der Waals surface area contributed by atoms with Gasteiger partial charge in [0.15, 0.2) is 10.2 Å². The number of aryl methyl sites for hydroxylation is 1. The van der Waals surface area contributed by atoms with Crippen LogP contribution in [-0.4, -0.2) is 32.8 Å². The lowest BCUT2D eigenvalue weighted by Crippen LogP contribution is -2.32. The van der Waals surface area contributed by atoms with E-state index in [4.69, 9.17) is 4.52 Å². The molecule has 0 bridgehead atoms. The molecule has 0 saturated carbocycles. The number of rotatable bonds is 6. The van der Waals surface area contributed by atoms with Crippen LogP contribution in [0.2, 0.25) is 0 Å². The Hall–Kier alpha value is -1.93. The molecule has 8 heteroatoms. The largest absolute Gasteiger partial charge is 0.355 e. The summed E-state index contributed by atoms with van der Waals surface area (Å²) in [5.41, 5.74) is 0.972. The van der Waals surface area contributed by atoms with Crippen LogP contribution in [0.1, 0.15) is 18.6 Å². The van der Waals surface area contributed by atoms with Gasteiger partial charge in [-0.15, -0.1) is 11.3 Å². The zero-order valence-corrected chi connectivity index (χ0v) is 14.4. The topological polar surface area (TPSA) is 80.9 Å². The molecule has 0 aliphatic carbocycles. The second-order valence-electron chi connectivity index (χ2n) is 4.98. The highest BCUT2D eigenvalue weighted by molar-refractivity contribution is 8.02. The van der Waals surface area contributed by atoms with Gasteiger partial charge in [0.05, 0.1) is 15.5 Å². The van der Waals surface area contributed by atoms with Gasteiger partial charge in [0, 0.05) is 13.0 Å². The van der Waals surface area contributed by atoms with Crippen molar-refractivity contribution in [3.05, 3.63) is 36.0 Å². The maximum Gasteiger partial charge on any atom is 0.233 e. The Morgan fingerprint density at radius 2 is 2.22 bits per heavy atom. The van der Waals surface area contributed by atoms with Crippen molar-refractivity contribution in [2.45, 2.75) is 29.9 Å². The molecule has 0 aliphatic heterocycles. The van der Waals surface area contributed by atoms with Gasteiger partial charge in [0.25, 0.3) is 0 Å². The third kappa shape index (κ3) is 4.08. The molecule has 1 aromatic carbocycles. The number of hydrogen-bond acceptors (Lipinski definition) is 7. The van der Waals surface area contributed by atoms with Crippen molar-refractivity contribution >= 4 is 39.2 Å². The number of thioether (sulfide) groups is 1. The van der Waals surface area contributed by atoms with Crippen LogP contribution in [0.25, 0.3) is 10.2 Å². The summed E-state index contributed by atoms with van der Waals surface area (Å²) in [5, 5.41) is 6.39.